The standard InChI is InChI=1S/C14H20ClNO/c15-14-6-2-1-5-13(14)7-9-16-8-3-4-12(10-16)11-17/h1-2,5-6,12,17H,3-4,7-11H2/t12-/m0/s1. The number of rotatable bonds is 4. The zero-order valence-corrected chi connectivity index (χ0v) is 10.9. The highest BCUT2D eigenvalue weighted by Crippen LogP contribution is 2.19. The Labute approximate surface area is 108 Å². The molecule has 3 heteroatoms. The molecule has 1 aliphatic rings. The first kappa shape index (κ1) is 12.9. The van der Waals surface area contributed by atoms with Crippen molar-refractivity contribution in [1.29, 1.82) is 0 Å². The van der Waals surface area contributed by atoms with Crippen LogP contribution in [0, 0.1) is 5.92 Å². The van der Waals surface area contributed by atoms with Gasteiger partial charge in [0.25, 0.3) is 0 Å². The zero-order chi connectivity index (χ0) is 12.1. The molecule has 1 heterocycles. The predicted octanol–water partition coefficient (Wildman–Crippen LogP) is 2.59. The van der Waals surface area contributed by atoms with Gasteiger partial charge >= 0.3 is 0 Å². The second-order valence-corrected chi connectivity index (χ2v) is 5.24. The molecule has 1 aromatic carbocycles. The molecular formula is C14H20ClNO. The fraction of sp³-hybridized carbons (Fsp3) is 0.571. The van der Waals surface area contributed by atoms with Gasteiger partial charge in [0.05, 0.1) is 0 Å². The second kappa shape index (κ2) is 6.39. The molecule has 0 aliphatic carbocycles. The molecule has 17 heavy (non-hydrogen) atoms. The van der Waals surface area contributed by atoms with Crippen LogP contribution in [0.2, 0.25) is 5.02 Å². The number of aliphatic hydroxyl groups is 1. The SMILES string of the molecule is OC[C@H]1CCCN(CCc2ccccc2Cl)C1. The maximum absolute atomic E-state index is 9.19. The van der Waals surface area contributed by atoms with Crippen LogP contribution in [0.3, 0.4) is 0 Å². The van der Waals surface area contributed by atoms with E-state index >= 15 is 0 Å². The fourth-order valence-corrected chi connectivity index (χ4v) is 2.71. The van der Waals surface area contributed by atoms with Gasteiger partial charge in [0.15, 0.2) is 0 Å². The minimum absolute atomic E-state index is 0.322. The van der Waals surface area contributed by atoms with Gasteiger partial charge in [-0.1, -0.05) is 29.8 Å². The van der Waals surface area contributed by atoms with Gasteiger partial charge < -0.3 is 10.0 Å². The number of hydrogen-bond acceptors (Lipinski definition) is 2. The summed E-state index contributed by atoms with van der Waals surface area (Å²) in [5.74, 6) is 0.468. The molecule has 1 N–H and O–H groups in total. The Kier molecular flexibility index (Phi) is 4.84. The molecule has 0 radical (unpaired) electrons. The number of hydrogen-bond donors (Lipinski definition) is 1. The van der Waals surface area contributed by atoms with E-state index < -0.39 is 0 Å². The molecule has 2 rings (SSSR count). The topological polar surface area (TPSA) is 23.5 Å². The largest absolute Gasteiger partial charge is 0.396 e. The molecule has 0 aromatic heterocycles. The van der Waals surface area contributed by atoms with Crippen molar-refractivity contribution in [3.8, 4) is 0 Å². The Balaban J connectivity index is 1.84. The molecule has 1 fully saturated rings. The number of likely N-dealkylation sites (tertiary alicyclic amines) is 1. The van der Waals surface area contributed by atoms with Crippen LogP contribution in [-0.4, -0.2) is 36.2 Å². The monoisotopic (exact) mass is 253 g/mol. The first-order valence-corrected chi connectivity index (χ1v) is 6.74. The van der Waals surface area contributed by atoms with Gasteiger partial charge in [0.2, 0.25) is 0 Å². The molecule has 2 nitrogen and oxygen atoms in total. The van der Waals surface area contributed by atoms with Crippen LogP contribution in [0.5, 0.6) is 0 Å². The molecule has 1 atom stereocenters. The van der Waals surface area contributed by atoms with Crippen LogP contribution in [0.1, 0.15) is 18.4 Å². The quantitative estimate of drug-likeness (QED) is 0.892. The van der Waals surface area contributed by atoms with E-state index in [0.29, 0.717) is 12.5 Å². The van der Waals surface area contributed by atoms with Crippen molar-refractivity contribution in [1.82, 2.24) is 4.90 Å². The van der Waals surface area contributed by atoms with Gasteiger partial charge in [0.1, 0.15) is 0 Å². The molecular weight excluding hydrogens is 234 g/mol. The molecule has 1 saturated heterocycles. The highest BCUT2D eigenvalue weighted by Gasteiger charge is 2.18. The van der Waals surface area contributed by atoms with E-state index in [1.165, 1.54) is 18.4 Å². The van der Waals surface area contributed by atoms with Crippen LogP contribution in [0.4, 0.5) is 0 Å². The summed E-state index contributed by atoms with van der Waals surface area (Å²) in [6.07, 6.45) is 3.37. The Hall–Kier alpha value is -0.570. The van der Waals surface area contributed by atoms with Crippen molar-refractivity contribution in [2.75, 3.05) is 26.2 Å². The van der Waals surface area contributed by atoms with Gasteiger partial charge in [-0.3, -0.25) is 0 Å². The lowest BCUT2D eigenvalue weighted by Crippen LogP contribution is -2.37. The Morgan fingerprint density at radius 2 is 2.18 bits per heavy atom. The summed E-state index contributed by atoms with van der Waals surface area (Å²) in [5, 5.41) is 10.1. The highest BCUT2D eigenvalue weighted by molar-refractivity contribution is 6.31. The van der Waals surface area contributed by atoms with Crippen molar-refractivity contribution in [2.45, 2.75) is 19.3 Å². The Bertz CT molecular complexity index is 356. The number of piperidine rings is 1. The van der Waals surface area contributed by atoms with E-state index in [4.69, 9.17) is 11.6 Å². The van der Waals surface area contributed by atoms with Gasteiger partial charge in [-0.25, -0.2) is 0 Å². The maximum Gasteiger partial charge on any atom is 0.0471 e. The van der Waals surface area contributed by atoms with E-state index in [-0.39, 0.29) is 0 Å². The first-order chi connectivity index (χ1) is 8.29. The summed E-state index contributed by atoms with van der Waals surface area (Å²) >= 11 is 6.14. The first-order valence-electron chi connectivity index (χ1n) is 6.36. The predicted molar refractivity (Wildman–Crippen MR) is 71.4 cm³/mol. The fourth-order valence-electron chi connectivity index (χ4n) is 2.48. The van der Waals surface area contributed by atoms with Gasteiger partial charge in [0, 0.05) is 24.7 Å². The third-order valence-corrected chi connectivity index (χ3v) is 3.89. The van der Waals surface area contributed by atoms with Gasteiger partial charge in [-0.15, -0.1) is 0 Å². The molecule has 0 saturated carbocycles. The van der Waals surface area contributed by atoms with Crippen molar-refractivity contribution < 1.29 is 5.11 Å². The van der Waals surface area contributed by atoms with E-state index in [0.717, 1.165) is 31.1 Å². The third-order valence-electron chi connectivity index (χ3n) is 3.52. The number of benzene rings is 1. The average molecular weight is 254 g/mol. The van der Waals surface area contributed by atoms with Crippen molar-refractivity contribution in [3.63, 3.8) is 0 Å². The third kappa shape index (κ3) is 3.70. The molecule has 0 amide bonds. The minimum Gasteiger partial charge on any atom is -0.396 e. The Morgan fingerprint density at radius 3 is 2.94 bits per heavy atom. The zero-order valence-electron chi connectivity index (χ0n) is 10.1. The summed E-state index contributed by atoms with van der Waals surface area (Å²) in [6, 6.07) is 8.04. The summed E-state index contributed by atoms with van der Waals surface area (Å²) in [6.45, 7) is 3.55. The molecule has 1 aliphatic heterocycles. The summed E-state index contributed by atoms with van der Waals surface area (Å²) < 4.78 is 0. The van der Waals surface area contributed by atoms with Crippen LogP contribution < -0.4 is 0 Å². The van der Waals surface area contributed by atoms with Gasteiger partial charge in [-0.2, -0.15) is 0 Å². The van der Waals surface area contributed by atoms with Crippen molar-refractivity contribution >= 4 is 11.6 Å². The van der Waals surface area contributed by atoms with E-state index in [1.54, 1.807) is 0 Å². The number of aliphatic hydroxyl groups excluding tert-OH is 1. The minimum atomic E-state index is 0.322. The molecule has 94 valence electrons. The van der Waals surface area contributed by atoms with Gasteiger partial charge in [-0.05, 0) is 43.4 Å². The number of halogens is 1. The van der Waals surface area contributed by atoms with E-state index in [9.17, 15) is 5.11 Å². The second-order valence-electron chi connectivity index (χ2n) is 4.83. The normalized spacial score (nSPS) is 21.6. The van der Waals surface area contributed by atoms with Crippen LogP contribution >= 0.6 is 11.6 Å². The summed E-state index contributed by atoms with van der Waals surface area (Å²) in [7, 11) is 0. The molecule has 0 bridgehead atoms. The molecule has 0 unspecified atom stereocenters. The van der Waals surface area contributed by atoms with Crippen LogP contribution in [0.15, 0.2) is 24.3 Å². The lowest BCUT2D eigenvalue weighted by Gasteiger charge is -2.31. The summed E-state index contributed by atoms with van der Waals surface area (Å²) in [5.41, 5.74) is 1.22. The van der Waals surface area contributed by atoms with Crippen LogP contribution in [0.25, 0.3) is 0 Å². The lowest BCUT2D eigenvalue weighted by molar-refractivity contribution is 0.121. The Morgan fingerprint density at radius 1 is 1.35 bits per heavy atom. The van der Waals surface area contributed by atoms with Crippen molar-refractivity contribution in [2.24, 2.45) is 5.92 Å². The number of nitrogens with zero attached hydrogens (tertiary/aromatic N) is 1. The van der Waals surface area contributed by atoms with E-state index in [2.05, 4.69) is 11.0 Å². The maximum atomic E-state index is 9.19. The lowest BCUT2D eigenvalue weighted by atomic mass is 9.98. The average Bonchev–Trinajstić information content (AvgIpc) is 2.38. The molecule has 0 spiro atoms. The van der Waals surface area contributed by atoms with Crippen molar-refractivity contribution in [3.05, 3.63) is 34.9 Å². The summed E-state index contributed by atoms with van der Waals surface area (Å²) in [4.78, 5) is 2.44. The highest BCUT2D eigenvalue weighted by atomic mass is 35.5. The smallest absolute Gasteiger partial charge is 0.0471 e. The van der Waals surface area contributed by atoms with E-state index in [1.807, 2.05) is 18.2 Å². The van der Waals surface area contributed by atoms with Crippen LogP contribution in [-0.2, 0) is 6.42 Å². The molecule has 1 aromatic rings.